The van der Waals surface area contributed by atoms with E-state index in [4.69, 9.17) is 39.5 Å². The van der Waals surface area contributed by atoms with Gasteiger partial charge in [0, 0.05) is 33.2 Å². The van der Waals surface area contributed by atoms with Crippen LogP contribution in [0, 0.1) is 0 Å². The first-order chi connectivity index (χ1) is 13.1. The van der Waals surface area contributed by atoms with E-state index in [0.717, 1.165) is 22.2 Å². The van der Waals surface area contributed by atoms with Crippen molar-refractivity contribution >= 4 is 51.8 Å². The molecular weight excluding hydrogens is 407 g/mol. The lowest BCUT2D eigenvalue weighted by molar-refractivity contribution is 0.0938. The molecule has 1 N–H and O–H groups in total. The van der Waals surface area contributed by atoms with Crippen LogP contribution in [0.15, 0.2) is 42.5 Å². The van der Waals surface area contributed by atoms with Crippen LogP contribution in [0.4, 0.5) is 4.79 Å². The minimum Gasteiger partial charge on any atom is -0.448 e. The highest BCUT2D eigenvalue weighted by molar-refractivity contribution is 6.31. The normalized spacial score (nSPS) is 16.4. The first kappa shape index (κ1) is 18.5. The molecule has 0 radical (unpaired) electrons. The SMILES string of the molecule is O=C(OCCCl)N1CCc2c([nH]c3ccc(Cl)cc23)C1c1cccc(Cl)c1. The fourth-order valence-corrected chi connectivity index (χ4v) is 4.14. The van der Waals surface area contributed by atoms with Gasteiger partial charge in [-0.1, -0.05) is 35.3 Å². The number of aromatic amines is 1. The zero-order valence-electron chi connectivity index (χ0n) is 14.3. The second-order valence-electron chi connectivity index (χ2n) is 6.41. The van der Waals surface area contributed by atoms with E-state index < -0.39 is 0 Å². The summed E-state index contributed by atoms with van der Waals surface area (Å²) in [5, 5.41) is 2.39. The minimum absolute atomic E-state index is 0.175. The monoisotopic (exact) mass is 422 g/mol. The zero-order chi connectivity index (χ0) is 19.0. The average molecular weight is 424 g/mol. The molecule has 1 aliphatic heterocycles. The van der Waals surface area contributed by atoms with Crippen LogP contribution in [-0.2, 0) is 11.2 Å². The highest BCUT2D eigenvalue weighted by atomic mass is 35.5. The second kappa shape index (κ2) is 7.63. The lowest BCUT2D eigenvalue weighted by atomic mass is 9.93. The number of amides is 1. The quantitative estimate of drug-likeness (QED) is 0.541. The van der Waals surface area contributed by atoms with E-state index in [0.29, 0.717) is 23.0 Å². The summed E-state index contributed by atoms with van der Waals surface area (Å²) in [4.78, 5) is 17.9. The molecule has 1 aliphatic rings. The lowest BCUT2D eigenvalue weighted by Gasteiger charge is -2.35. The number of alkyl halides is 1. The van der Waals surface area contributed by atoms with Crippen LogP contribution in [0.1, 0.15) is 22.9 Å². The lowest BCUT2D eigenvalue weighted by Crippen LogP contribution is -2.41. The van der Waals surface area contributed by atoms with Crippen molar-refractivity contribution in [2.24, 2.45) is 0 Å². The first-order valence-electron chi connectivity index (χ1n) is 8.63. The Morgan fingerprint density at radius 2 is 2.00 bits per heavy atom. The number of halogens is 3. The molecule has 7 heteroatoms. The Morgan fingerprint density at radius 3 is 2.78 bits per heavy atom. The number of aromatic nitrogens is 1. The molecular formula is C20H17Cl3N2O2. The first-order valence-corrected chi connectivity index (χ1v) is 9.92. The summed E-state index contributed by atoms with van der Waals surface area (Å²) in [7, 11) is 0. The molecule has 27 heavy (non-hydrogen) atoms. The van der Waals surface area contributed by atoms with Crippen LogP contribution in [0.5, 0.6) is 0 Å². The maximum atomic E-state index is 12.7. The van der Waals surface area contributed by atoms with Gasteiger partial charge < -0.3 is 9.72 Å². The molecule has 2 aromatic carbocycles. The zero-order valence-corrected chi connectivity index (χ0v) is 16.6. The molecule has 140 valence electrons. The van der Waals surface area contributed by atoms with Crippen LogP contribution < -0.4 is 0 Å². The maximum absolute atomic E-state index is 12.7. The van der Waals surface area contributed by atoms with Crippen molar-refractivity contribution in [3.05, 3.63) is 69.3 Å². The number of hydrogen-bond donors (Lipinski definition) is 1. The number of fused-ring (bicyclic) bond motifs is 3. The number of hydrogen-bond acceptors (Lipinski definition) is 2. The third-order valence-corrected chi connectivity index (χ3v) is 5.42. The molecule has 2 heterocycles. The number of rotatable bonds is 3. The number of ether oxygens (including phenoxy) is 1. The molecule has 1 amide bonds. The van der Waals surface area contributed by atoms with Gasteiger partial charge in [0.2, 0.25) is 0 Å². The molecule has 1 unspecified atom stereocenters. The number of carbonyl (C=O) groups is 1. The van der Waals surface area contributed by atoms with E-state index in [9.17, 15) is 4.79 Å². The fraction of sp³-hybridized carbons (Fsp3) is 0.250. The smallest absolute Gasteiger partial charge is 0.410 e. The number of benzene rings is 2. The molecule has 0 fully saturated rings. The van der Waals surface area contributed by atoms with Crippen LogP contribution in [0.3, 0.4) is 0 Å². The van der Waals surface area contributed by atoms with Crippen LogP contribution in [0.2, 0.25) is 10.0 Å². The van der Waals surface area contributed by atoms with Gasteiger partial charge in [0.1, 0.15) is 12.6 Å². The Hall–Kier alpha value is -1.88. The number of nitrogens with zero attached hydrogens (tertiary/aromatic N) is 1. The maximum Gasteiger partial charge on any atom is 0.410 e. The Kier molecular flexibility index (Phi) is 5.22. The van der Waals surface area contributed by atoms with Crippen LogP contribution >= 0.6 is 34.8 Å². The van der Waals surface area contributed by atoms with Gasteiger partial charge in [-0.2, -0.15) is 0 Å². The van der Waals surface area contributed by atoms with E-state index in [1.165, 1.54) is 5.56 Å². The summed E-state index contributed by atoms with van der Waals surface area (Å²) in [6.45, 7) is 0.707. The summed E-state index contributed by atoms with van der Waals surface area (Å²) in [6, 6.07) is 13.0. The number of nitrogens with one attached hydrogen (secondary N) is 1. The molecule has 1 aromatic heterocycles. The number of carbonyl (C=O) groups excluding carboxylic acids is 1. The molecule has 0 bridgehead atoms. The molecule has 0 aliphatic carbocycles. The molecule has 4 nitrogen and oxygen atoms in total. The van der Waals surface area contributed by atoms with E-state index in [2.05, 4.69) is 4.98 Å². The Labute approximate surface area is 172 Å². The summed E-state index contributed by atoms with van der Waals surface area (Å²) < 4.78 is 5.31. The summed E-state index contributed by atoms with van der Waals surface area (Å²) in [6.07, 6.45) is 0.325. The molecule has 0 spiro atoms. The van der Waals surface area contributed by atoms with E-state index in [-0.39, 0.29) is 24.6 Å². The molecule has 1 atom stereocenters. The summed E-state index contributed by atoms with van der Waals surface area (Å²) in [5.41, 5.74) is 4.04. The van der Waals surface area contributed by atoms with Crippen molar-refractivity contribution < 1.29 is 9.53 Å². The molecule has 3 aromatic rings. The van der Waals surface area contributed by atoms with Crippen LogP contribution in [-0.4, -0.2) is 35.0 Å². The Morgan fingerprint density at radius 1 is 1.19 bits per heavy atom. The van der Waals surface area contributed by atoms with Crippen molar-refractivity contribution in [1.82, 2.24) is 9.88 Å². The van der Waals surface area contributed by atoms with Gasteiger partial charge in [-0.15, -0.1) is 11.6 Å². The largest absolute Gasteiger partial charge is 0.448 e. The van der Waals surface area contributed by atoms with Gasteiger partial charge >= 0.3 is 6.09 Å². The van der Waals surface area contributed by atoms with Crippen molar-refractivity contribution in [3.63, 3.8) is 0 Å². The van der Waals surface area contributed by atoms with E-state index >= 15 is 0 Å². The summed E-state index contributed by atoms with van der Waals surface area (Å²) in [5.74, 6) is 0.261. The van der Waals surface area contributed by atoms with Gasteiger partial charge in [0.15, 0.2) is 0 Å². The third kappa shape index (κ3) is 3.49. The van der Waals surface area contributed by atoms with E-state index in [1.807, 2.05) is 42.5 Å². The minimum atomic E-state index is -0.386. The predicted molar refractivity (Wildman–Crippen MR) is 109 cm³/mol. The van der Waals surface area contributed by atoms with Crippen LogP contribution in [0.25, 0.3) is 10.9 Å². The Balaban J connectivity index is 1.85. The predicted octanol–water partition coefficient (Wildman–Crippen LogP) is 5.80. The van der Waals surface area contributed by atoms with Crippen molar-refractivity contribution in [2.75, 3.05) is 19.0 Å². The van der Waals surface area contributed by atoms with E-state index in [1.54, 1.807) is 4.90 Å². The third-order valence-electron chi connectivity index (χ3n) is 4.79. The fourth-order valence-electron chi connectivity index (χ4n) is 3.69. The summed E-state index contributed by atoms with van der Waals surface area (Å²) >= 11 is 18.1. The van der Waals surface area contributed by atoms with Crippen molar-refractivity contribution in [3.8, 4) is 0 Å². The highest BCUT2D eigenvalue weighted by Gasteiger charge is 2.35. The standard InChI is InChI=1S/C20H17Cl3N2O2/c21-7-9-27-20(26)25-8-6-15-16-11-14(23)4-5-17(16)24-18(15)19(25)12-2-1-3-13(22)10-12/h1-5,10-11,19,24H,6-9H2. The number of H-pyrrole nitrogens is 1. The molecule has 0 saturated carbocycles. The van der Waals surface area contributed by atoms with Crippen molar-refractivity contribution in [2.45, 2.75) is 12.5 Å². The topological polar surface area (TPSA) is 45.3 Å². The molecule has 0 saturated heterocycles. The molecule has 4 rings (SSSR count). The van der Waals surface area contributed by atoms with Crippen molar-refractivity contribution in [1.29, 1.82) is 0 Å². The Bertz CT molecular complexity index is 1000. The second-order valence-corrected chi connectivity index (χ2v) is 7.66. The van der Waals surface area contributed by atoms with Gasteiger partial charge in [0.05, 0.1) is 5.88 Å². The van der Waals surface area contributed by atoms with Gasteiger partial charge in [0.25, 0.3) is 0 Å². The van der Waals surface area contributed by atoms with Gasteiger partial charge in [-0.3, -0.25) is 4.90 Å². The van der Waals surface area contributed by atoms with Gasteiger partial charge in [-0.25, -0.2) is 4.79 Å². The highest BCUT2D eigenvalue weighted by Crippen LogP contribution is 2.39. The van der Waals surface area contributed by atoms with Gasteiger partial charge in [-0.05, 0) is 47.9 Å². The average Bonchev–Trinajstić information content (AvgIpc) is 3.03.